The third kappa shape index (κ3) is 7.89. The Morgan fingerprint density at radius 2 is 1.56 bits per heavy atom. The molecule has 0 saturated heterocycles. The van der Waals surface area contributed by atoms with E-state index in [4.69, 9.17) is 0 Å². The molecular weight excluding hydrogens is 517 g/mol. The summed E-state index contributed by atoms with van der Waals surface area (Å²) in [6, 6.07) is 19.6. The predicted octanol–water partition coefficient (Wildman–Crippen LogP) is 5.05. The van der Waals surface area contributed by atoms with Crippen molar-refractivity contribution in [3.63, 3.8) is 0 Å². The van der Waals surface area contributed by atoms with Crippen molar-refractivity contribution in [2.45, 2.75) is 57.5 Å². The highest BCUT2D eigenvalue weighted by molar-refractivity contribution is 7.92. The molecule has 0 heterocycles. The van der Waals surface area contributed by atoms with E-state index in [2.05, 4.69) is 5.32 Å². The van der Waals surface area contributed by atoms with Gasteiger partial charge in [0.25, 0.3) is 10.0 Å². The van der Waals surface area contributed by atoms with Crippen LogP contribution in [0.15, 0.2) is 83.8 Å². The monoisotopic (exact) mass is 553 g/mol. The molecule has 3 rings (SSSR count). The van der Waals surface area contributed by atoms with Crippen LogP contribution < -0.4 is 9.62 Å². The van der Waals surface area contributed by atoms with Crippen LogP contribution in [0.4, 0.5) is 10.1 Å². The van der Waals surface area contributed by atoms with Gasteiger partial charge in [-0.25, -0.2) is 12.8 Å². The summed E-state index contributed by atoms with van der Waals surface area (Å²) in [6.45, 7) is 5.90. The van der Waals surface area contributed by atoms with E-state index in [0.717, 1.165) is 40.4 Å². The molecule has 0 aromatic heterocycles. The average molecular weight is 554 g/mol. The fourth-order valence-electron chi connectivity index (χ4n) is 4.17. The molecule has 9 heteroatoms. The highest BCUT2D eigenvalue weighted by Crippen LogP contribution is 2.25. The number of para-hydroxylation sites is 1. The molecule has 1 N–H and O–H groups in total. The zero-order valence-electron chi connectivity index (χ0n) is 22.6. The number of aryl methyl sites for hydroxylation is 1. The first-order chi connectivity index (χ1) is 18.7. The number of carbonyl (C=O) groups excluding carboxylic acids is 2. The van der Waals surface area contributed by atoms with E-state index in [-0.39, 0.29) is 23.0 Å². The van der Waals surface area contributed by atoms with Crippen molar-refractivity contribution < 1.29 is 22.4 Å². The fourth-order valence-corrected chi connectivity index (χ4v) is 5.59. The van der Waals surface area contributed by atoms with Crippen LogP contribution in [0.1, 0.15) is 44.2 Å². The van der Waals surface area contributed by atoms with Crippen LogP contribution in [0.5, 0.6) is 0 Å². The first-order valence-electron chi connectivity index (χ1n) is 13.1. The normalized spacial score (nSPS) is 12.0. The summed E-state index contributed by atoms with van der Waals surface area (Å²) >= 11 is 0. The van der Waals surface area contributed by atoms with Crippen molar-refractivity contribution in [3.05, 3.63) is 95.8 Å². The van der Waals surface area contributed by atoms with Gasteiger partial charge in [0.15, 0.2) is 0 Å². The summed E-state index contributed by atoms with van der Waals surface area (Å²) in [6.07, 6.45) is 2.08. The van der Waals surface area contributed by atoms with E-state index in [9.17, 15) is 22.4 Å². The zero-order chi connectivity index (χ0) is 28.4. The topological polar surface area (TPSA) is 86.8 Å². The number of hydrogen-bond donors (Lipinski definition) is 1. The van der Waals surface area contributed by atoms with Crippen molar-refractivity contribution in [2.24, 2.45) is 0 Å². The molecule has 0 bridgehead atoms. The molecule has 1 atom stereocenters. The lowest BCUT2D eigenvalue weighted by molar-refractivity contribution is -0.140. The Morgan fingerprint density at radius 1 is 0.923 bits per heavy atom. The van der Waals surface area contributed by atoms with Crippen molar-refractivity contribution >= 4 is 27.5 Å². The molecule has 0 aliphatic rings. The highest BCUT2D eigenvalue weighted by Gasteiger charge is 2.33. The van der Waals surface area contributed by atoms with Gasteiger partial charge < -0.3 is 10.2 Å². The number of sulfonamides is 1. The van der Waals surface area contributed by atoms with E-state index < -0.39 is 34.3 Å². The van der Waals surface area contributed by atoms with E-state index >= 15 is 0 Å². The maximum Gasteiger partial charge on any atom is 0.264 e. The Kier molecular flexibility index (Phi) is 10.6. The van der Waals surface area contributed by atoms with Crippen LogP contribution in [0.3, 0.4) is 0 Å². The Balaban J connectivity index is 2.00. The Bertz CT molecular complexity index is 1330. The third-order valence-electron chi connectivity index (χ3n) is 6.41. The number of benzene rings is 3. The van der Waals surface area contributed by atoms with Gasteiger partial charge in [0.2, 0.25) is 11.8 Å². The molecular formula is C30H36FN3O4S. The average Bonchev–Trinajstić information content (AvgIpc) is 2.93. The lowest BCUT2D eigenvalue weighted by Crippen LogP contribution is -2.52. The molecule has 0 unspecified atom stereocenters. The number of unbranched alkanes of at least 4 members (excludes halogenated alkanes) is 1. The minimum absolute atomic E-state index is 0.137. The molecule has 0 radical (unpaired) electrons. The highest BCUT2D eigenvalue weighted by atomic mass is 32.2. The van der Waals surface area contributed by atoms with Crippen molar-refractivity contribution in [1.29, 1.82) is 0 Å². The van der Waals surface area contributed by atoms with Gasteiger partial charge in [0, 0.05) is 13.1 Å². The van der Waals surface area contributed by atoms with Crippen LogP contribution in [0.2, 0.25) is 0 Å². The van der Waals surface area contributed by atoms with Gasteiger partial charge >= 0.3 is 0 Å². The van der Waals surface area contributed by atoms with Gasteiger partial charge in [0.1, 0.15) is 18.4 Å². The third-order valence-corrected chi connectivity index (χ3v) is 8.20. The number of carbonyl (C=O) groups is 2. The molecule has 3 aromatic rings. The second-order valence-electron chi connectivity index (χ2n) is 9.38. The quantitative estimate of drug-likeness (QED) is 0.300. The van der Waals surface area contributed by atoms with E-state index in [0.29, 0.717) is 13.0 Å². The molecule has 0 aliphatic heterocycles. The minimum atomic E-state index is -4.23. The lowest BCUT2D eigenvalue weighted by Gasteiger charge is -2.33. The van der Waals surface area contributed by atoms with Crippen LogP contribution in [0, 0.1) is 12.7 Å². The molecule has 0 saturated carbocycles. The molecule has 208 valence electrons. The standard InChI is InChI=1S/C30H36FN3O4S/c1-4-6-20-32-30(36)28(5-2)33(21-24-14-12-23(3)13-15-24)29(35)22-34(26-10-8-7-9-11-26)39(37,38)27-18-16-25(31)17-19-27/h7-19,28H,4-6,20-22H2,1-3H3,(H,32,36)/t28-/m1/s1. The SMILES string of the molecule is CCCCNC(=O)[C@@H](CC)N(Cc1ccc(C)cc1)C(=O)CN(c1ccccc1)S(=O)(=O)c1ccc(F)cc1. The van der Waals surface area contributed by atoms with Crippen LogP contribution in [0.25, 0.3) is 0 Å². The molecule has 0 spiro atoms. The molecule has 0 aliphatic carbocycles. The fraction of sp³-hybridized carbons (Fsp3) is 0.333. The van der Waals surface area contributed by atoms with Crippen LogP contribution in [-0.4, -0.2) is 44.3 Å². The maximum atomic E-state index is 13.9. The summed E-state index contributed by atoms with van der Waals surface area (Å²) in [4.78, 5) is 28.4. The number of rotatable bonds is 13. The summed E-state index contributed by atoms with van der Waals surface area (Å²) in [5.41, 5.74) is 2.16. The van der Waals surface area contributed by atoms with Crippen molar-refractivity contribution in [2.75, 3.05) is 17.4 Å². The van der Waals surface area contributed by atoms with Crippen LogP contribution in [-0.2, 0) is 26.2 Å². The van der Waals surface area contributed by atoms with Crippen molar-refractivity contribution in [1.82, 2.24) is 10.2 Å². The Hall–Kier alpha value is -3.72. The number of halogens is 1. The van der Waals surface area contributed by atoms with Crippen LogP contribution >= 0.6 is 0 Å². The van der Waals surface area contributed by atoms with Gasteiger partial charge in [-0.05, 0) is 61.7 Å². The molecule has 7 nitrogen and oxygen atoms in total. The van der Waals surface area contributed by atoms with Crippen molar-refractivity contribution in [3.8, 4) is 0 Å². The first-order valence-corrected chi connectivity index (χ1v) is 14.6. The summed E-state index contributed by atoms with van der Waals surface area (Å²) < 4.78 is 42.0. The van der Waals surface area contributed by atoms with Gasteiger partial charge in [-0.3, -0.25) is 13.9 Å². The second kappa shape index (κ2) is 13.9. The number of anilines is 1. The Labute approximate surface area is 230 Å². The summed E-state index contributed by atoms with van der Waals surface area (Å²) in [5, 5.41) is 2.91. The largest absolute Gasteiger partial charge is 0.354 e. The first kappa shape index (κ1) is 29.8. The molecule has 0 fully saturated rings. The smallest absolute Gasteiger partial charge is 0.264 e. The minimum Gasteiger partial charge on any atom is -0.354 e. The molecule has 39 heavy (non-hydrogen) atoms. The second-order valence-corrected chi connectivity index (χ2v) is 11.2. The number of nitrogens with zero attached hydrogens (tertiary/aromatic N) is 2. The maximum absolute atomic E-state index is 13.9. The number of amides is 2. The van der Waals surface area contributed by atoms with Gasteiger partial charge in [-0.15, -0.1) is 0 Å². The van der Waals surface area contributed by atoms with Gasteiger partial charge in [-0.2, -0.15) is 0 Å². The lowest BCUT2D eigenvalue weighted by atomic mass is 10.1. The predicted molar refractivity (Wildman–Crippen MR) is 151 cm³/mol. The van der Waals surface area contributed by atoms with E-state index in [1.807, 2.05) is 45.0 Å². The number of nitrogens with one attached hydrogen (secondary N) is 1. The van der Waals surface area contributed by atoms with Gasteiger partial charge in [-0.1, -0.05) is 68.3 Å². The van der Waals surface area contributed by atoms with E-state index in [1.54, 1.807) is 30.3 Å². The van der Waals surface area contributed by atoms with E-state index in [1.165, 1.54) is 17.0 Å². The summed E-state index contributed by atoms with van der Waals surface area (Å²) in [7, 11) is -4.23. The van der Waals surface area contributed by atoms with Gasteiger partial charge in [0.05, 0.1) is 10.6 Å². The summed E-state index contributed by atoms with van der Waals surface area (Å²) in [5.74, 6) is -1.37. The number of hydrogen-bond acceptors (Lipinski definition) is 4. The molecule has 3 aromatic carbocycles. The molecule has 2 amide bonds. The zero-order valence-corrected chi connectivity index (χ0v) is 23.5. The Morgan fingerprint density at radius 3 is 2.15 bits per heavy atom.